The molecule has 1 aromatic heterocycles. The lowest BCUT2D eigenvalue weighted by atomic mass is 10.0. The molecule has 3 aromatic rings. The van der Waals surface area contributed by atoms with Gasteiger partial charge in [0, 0.05) is 36.0 Å². The zero-order valence-electron chi connectivity index (χ0n) is 16.7. The van der Waals surface area contributed by atoms with Gasteiger partial charge in [-0.1, -0.05) is 12.1 Å². The van der Waals surface area contributed by atoms with Crippen molar-refractivity contribution >= 4 is 11.8 Å². The largest absolute Gasteiger partial charge is 0.489 e. The quantitative estimate of drug-likeness (QED) is 0.537. The first-order valence-electron chi connectivity index (χ1n) is 9.79. The molecule has 0 amide bonds. The number of aryl methyl sites for hydroxylation is 1. The minimum absolute atomic E-state index is 0.0723. The molecule has 6 heteroatoms. The second kappa shape index (κ2) is 9.01. The zero-order chi connectivity index (χ0) is 20.2. The summed E-state index contributed by atoms with van der Waals surface area (Å²) in [5, 5.41) is 0.555. The first-order chi connectivity index (χ1) is 14.1. The molecule has 1 saturated heterocycles. The van der Waals surface area contributed by atoms with Gasteiger partial charge < -0.3 is 14.0 Å². The second-order valence-electron chi connectivity index (χ2n) is 7.26. The second-order valence-corrected chi connectivity index (χ2v) is 8.40. The number of aromatic nitrogens is 2. The third-order valence-corrected chi connectivity index (χ3v) is 6.38. The van der Waals surface area contributed by atoms with Crippen LogP contribution in [0, 0.1) is 12.7 Å². The standard InChI is InChI=1S/C23H25FN2O2S/c1-16-25-8-9-26(16)20-5-3-17(4-6-20)15-28-21-12-18(11-19(24)13-21)23-14-22(29-2)7-10-27-23/h3-6,8-9,11-13,22-23H,7,10,14-15H2,1-2H3. The number of ether oxygens (including phenoxy) is 2. The maximum Gasteiger partial charge on any atom is 0.127 e. The molecular formula is C23H25FN2O2S. The topological polar surface area (TPSA) is 36.3 Å². The van der Waals surface area contributed by atoms with E-state index in [4.69, 9.17) is 9.47 Å². The predicted molar refractivity (Wildman–Crippen MR) is 114 cm³/mol. The van der Waals surface area contributed by atoms with Crippen molar-refractivity contribution in [2.24, 2.45) is 0 Å². The number of nitrogens with zero attached hydrogens (tertiary/aromatic N) is 2. The normalized spacial score (nSPS) is 19.3. The number of imidazole rings is 1. The summed E-state index contributed by atoms with van der Waals surface area (Å²) in [4.78, 5) is 4.25. The highest BCUT2D eigenvalue weighted by Gasteiger charge is 2.24. The molecule has 0 radical (unpaired) electrons. The summed E-state index contributed by atoms with van der Waals surface area (Å²) in [6, 6.07) is 13.0. The summed E-state index contributed by atoms with van der Waals surface area (Å²) in [7, 11) is 0. The summed E-state index contributed by atoms with van der Waals surface area (Å²) < 4.78 is 28.0. The summed E-state index contributed by atoms with van der Waals surface area (Å²) in [6.07, 6.45) is 7.71. The zero-order valence-corrected chi connectivity index (χ0v) is 17.5. The molecule has 152 valence electrons. The molecule has 2 unspecified atom stereocenters. The highest BCUT2D eigenvalue weighted by Crippen LogP contribution is 2.35. The Morgan fingerprint density at radius 2 is 2.07 bits per heavy atom. The van der Waals surface area contributed by atoms with Crippen molar-refractivity contribution in [3.63, 3.8) is 0 Å². The number of hydrogen-bond acceptors (Lipinski definition) is 4. The lowest BCUT2D eigenvalue weighted by molar-refractivity contribution is 0.0175. The molecule has 1 fully saturated rings. The van der Waals surface area contributed by atoms with E-state index in [1.165, 1.54) is 6.07 Å². The van der Waals surface area contributed by atoms with Crippen LogP contribution in [-0.2, 0) is 11.3 Å². The predicted octanol–water partition coefficient (Wildman–Crippen LogP) is 5.48. The molecule has 0 aliphatic carbocycles. The average Bonchev–Trinajstić information content (AvgIpc) is 3.18. The Bertz CT molecular complexity index is 958. The summed E-state index contributed by atoms with van der Waals surface area (Å²) in [6.45, 7) is 3.06. The maximum absolute atomic E-state index is 14.2. The molecular weight excluding hydrogens is 387 g/mol. The molecule has 0 bridgehead atoms. The minimum Gasteiger partial charge on any atom is -0.489 e. The van der Waals surface area contributed by atoms with Gasteiger partial charge in [0.25, 0.3) is 0 Å². The fourth-order valence-electron chi connectivity index (χ4n) is 3.64. The Hall–Kier alpha value is -2.31. The van der Waals surface area contributed by atoms with E-state index in [1.807, 2.05) is 59.8 Å². The number of rotatable bonds is 6. The fourth-order valence-corrected chi connectivity index (χ4v) is 4.34. The first-order valence-corrected chi connectivity index (χ1v) is 11.1. The third kappa shape index (κ3) is 4.82. The minimum atomic E-state index is -0.293. The van der Waals surface area contributed by atoms with E-state index in [0.29, 0.717) is 24.2 Å². The average molecular weight is 413 g/mol. The third-order valence-electron chi connectivity index (χ3n) is 5.28. The molecule has 2 atom stereocenters. The van der Waals surface area contributed by atoms with E-state index < -0.39 is 0 Å². The van der Waals surface area contributed by atoms with E-state index in [0.717, 1.165) is 35.5 Å². The van der Waals surface area contributed by atoms with Crippen molar-refractivity contribution in [2.75, 3.05) is 12.9 Å². The molecule has 1 aliphatic rings. The van der Waals surface area contributed by atoms with Crippen molar-refractivity contribution in [3.05, 3.63) is 77.6 Å². The Balaban J connectivity index is 1.43. The molecule has 29 heavy (non-hydrogen) atoms. The molecule has 2 aromatic carbocycles. The van der Waals surface area contributed by atoms with E-state index in [-0.39, 0.29) is 11.9 Å². The van der Waals surface area contributed by atoms with E-state index in [1.54, 1.807) is 12.3 Å². The Labute approximate surface area is 175 Å². The highest BCUT2D eigenvalue weighted by atomic mass is 32.2. The summed E-state index contributed by atoms with van der Waals surface area (Å²) >= 11 is 1.85. The van der Waals surface area contributed by atoms with Gasteiger partial charge >= 0.3 is 0 Å². The molecule has 4 nitrogen and oxygen atoms in total. The van der Waals surface area contributed by atoms with Gasteiger partial charge in [-0.2, -0.15) is 11.8 Å². The van der Waals surface area contributed by atoms with Crippen molar-refractivity contribution < 1.29 is 13.9 Å². The van der Waals surface area contributed by atoms with Gasteiger partial charge in [0.1, 0.15) is 24.0 Å². The lowest BCUT2D eigenvalue weighted by Gasteiger charge is -2.29. The molecule has 4 rings (SSSR count). The fraction of sp³-hybridized carbons (Fsp3) is 0.348. The number of hydrogen-bond donors (Lipinski definition) is 0. The maximum atomic E-state index is 14.2. The van der Waals surface area contributed by atoms with E-state index >= 15 is 0 Å². The lowest BCUT2D eigenvalue weighted by Crippen LogP contribution is -2.21. The van der Waals surface area contributed by atoms with Crippen LogP contribution in [0.2, 0.25) is 0 Å². The van der Waals surface area contributed by atoms with E-state index in [2.05, 4.69) is 11.2 Å². The van der Waals surface area contributed by atoms with Crippen LogP contribution < -0.4 is 4.74 Å². The van der Waals surface area contributed by atoms with Gasteiger partial charge in [-0.15, -0.1) is 0 Å². The van der Waals surface area contributed by atoms with Gasteiger partial charge in [-0.25, -0.2) is 9.37 Å². The first kappa shape index (κ1) is 20.0. The highest BCUT2D eigenvalue weighted by molar-refractivity contribution is 7.99. The molecule has 1 aliphatic heterocycles. The van der Waals surface area contributed by atoms with Gasteiger partial charge in [0.05, 0.1) is 6.10 Å². The van der Waals surface area contributed by atoms with Crippen LogP contribution in [0.3, 0.4) is 0 Å². The Morgan fingerprint density at radius 1 is 1.24 bits per heavy atom. The van der Waals surface area contributed by atoms with Crippen LogP contribution in [0.15, 0.2) is 54.9 Å². The van der Waals surface area contributed by atoms with Crippen molar-refractivity contribution in [1.29, 1.82) is 0 Å². The van der Waals surface area contributed by atoms with Gasteiger partial charge in [0.2, 0.25) is 0 Å². The Kier molecular flexibility index (Phi) is 6.21. The van der Waals surface area contributed by atoms with Crippen LogP contribution in [0.5, 0.6) is 5.75 Å². The Morgan fingerprint density at radius 3 is 2.79 bits per heavy atom. The molecule has 2 heterocycles. The van der Waals surface area contributed by atoms with Gasteiger partial charge in [-0.05, 0) is 61.4 Å². The monoisotopic (exact) mass is 412 g/mol. The van der Waals surface area contributed by atoms with Crippen LogP contribution in [0.1, 0.15) is 35.9 Å². The van der Waals surface area contributed by atoms with Gasteiger partial charge in [-0.3, -0.25) is 0 Å². The van der Waals surface area contributed by atoms with Crippen molar-refractivity contribution in [1.82, 2.24) is 9.55 Å². The van der Waals surface area contributed by atoms with Crippen molar-refractivity contribution in [3.8, 4) is 11.4 Å². The van der Waals surface area contributed by atoms with Crippen molar-refractivity contribution in [2.45, 2.75) is 37.7 Å². The SMILES string of the molecule is CSC1CCOC(c2cc(F)cc(OCc3ccc(-n4ccnc4C)cc3)c2)C1. The summed E-state index contributed by atoms with van der Waals surface area (Å²) in [5.41, 5.74) is 2.92. The molecule has 0 spiro atoms. The number of halogens is 1. The molecule has 0 N–H and O–H groups in total. The molecule has 0 saturated carbocycles. The summed E-state index contributed by atoms with van der Waals surface area (Å²) in [5.74, 6) is 1.18. The van der Waals surface area contributed by atoms with Crippen LogP contribution in [-0.4, -0.2) is 27.7 Å². The van der Waals surface area contributed by atoms with Gasteiger partial charge in [0.15, 0.2) is 0 Å². The smallest absolute Gasteiger partial charge is 0.127 e. The number of benzene rings is 2. The van der Waals surface area contributed by atoms with Crippen LogP contribution in [0.4, 0.5) is 4.39 Å². The van der Waals surface area contributed by atoms with Crippen LogP contribution in [0.25, 0.3) is 5.69 Å². The van der Waals surface area contributed by atoms with E-state index in [9.17, 15) is 4.39 Å². The van der Waals surface area contributed by atoms with Crippen LogP contribution >= 0.6 is 11.8 Å². The number of thioether (sulfide) groups is 1.